The fourth-order valence-electron chi connectivity index (χ4n) is 3.99. The van der Waals surface area contributed by atoms with Crippen LogP contribution in [0, 0.1) is 11.3 Å². The fourth-order valence-corrected chi connectivity index (χ4v) is 5.23. The lowest BCUT2D eigenvalue weighted by Crippen LogP contribution is -2.30. The maximum atomic E-state index is 12.6. The normalized spacial score (nSPS) is 16.7. The van der Waals surface area contributed by atoms with Crippen LogP contribution in [0.5, 0.6) is 0 Å². The van der Waals surface area contributed by atoms with Crippen LogP contribution in [0.1, 0.15) is 65.5 Å². The minimum atomic E-state index is -1.03. The zero-order chi connectivity index (χ0) is 21.8. The molecule has 0 bridgehead atoms. The second-order valence-electron chi connectivity index (χ2n) is 7.89. The molecule has 1 aliphatic carbocycles. The van der Waals surface area contributed by atoms with E-state index in [1.807, 2.05) is 0 Å². The summed E-state index contributed by atoms with van der Waals surface area (Å²) in [5.41, 5.74) is 1.65. The first-order valence-corrected chi connectivity index (χ1v) is 11.5. The number of fused-ring (bicyclic) bond motifs is 1. The number of esters is 1. The van der Waals surface area contributed by atoms with Gasteiger partial charge < -0.3 is 15.0 Å². The van der Waals surface area contributed by atoms with Crippen LogP contribution in [0.25, 0.3) is 0 Å². The number of amides is 1. The van der Waals surface area contributed by atoms with Crippen LogP contribution in [-0.2, 0) is 22.4 Å². The van der Waals surface area contributed by atoms with Gasteiger partial charge >= 0.3 is 5.97 Å². The average molecular weight is 440 g/mol. The summed E-state index contributed by atoms with van der Waals surface area (Å²) in [7, 11) is 0. The van der Waals surface area contributed by atoms with E-state index in [1.54, 1.807) is 12.1 Å². The Morgan fingerprint density at radius 1 is 1.16 bits per heavy atom. The molecular formula is C22H25N5O3S. The number of carbonyl (C=O) groups excluding carboxylic acids is 2. The molecule has 1 amide bonds. The van der Waals surface area contributed by atoms with Gasteiger partial charge in [-0.2, -0.15) is 5.26 Å². The molecule has 8 nitrogen and oxygen atoms in total. The van der Waals surface area contributed by atoms with Crippen LogP contribution in [0.2, 0.25) is 0 Å². The minimum absolute atomic E-state index is 0.0585. The molecule has 0 aromatic carbocycles. The molecule has 4 rings (SSSR count). The zero-order valence-corrected chi connectivity index (χ0v) is 18.3. The van der Waals surface area contributed by atoms with Crippen LogP contribution < -0.4 is 10.2 Å². The van der Waals surface area contributed by atoms with Gasteiger partial charge in [0.2, 0.25) is 0 Å². The monoisotopic (exact) mass is 439 g/mol. The number of rotatable bonds is 5. The van der Waals surface area contributed by atoms with E-state index in [0.717, 1.165) is 69.4 Å². The summed E-state index contributed by atoms with van der Waals surface area (Å²) < 4.78 is 5.29. The molecule has 1 fully saturated rings. The number of nitriles is 1. The van der Waals surface area contributed by atoms with E-state index in [0.29, 0.717) is 10.6 Å². The quantitative estimate of drug-likeness (QED) is 0.561. The van der Waals surface area contributed by atoms with Crippen molar-refractivity contribution in [3.8, 4) is 6.07 Å². The molecule has 1 N–H and O–H groups in total. The average Bonchev–Trinajstić information content (AvgIpc) is 3.36. The summed E-state index contributed by atoms with van der Waals surface area (Å²) in [4.78, 5) is 28.3. The van der Waals surface area contributed by atoms with Crippen molar-refractivity contribution in [2.75, 3.05) is 23.3 Å². The number of nitrogens with zero attached hydrogens (tertiary/aromatic N) is 4. The number of aryl methyl sites for hydroxylation is 1. The lowest BCUT2D eigenvalue weighted by molar-refractivity contribution is -0.123. The number of carbonyl (C=O) groups is 2. The van der Waals surface area contributed by atoms with Crippen molar-refractivity contribution < 1.29 is 14.3 Å². The van der Waals surface area contributed by atoms with Gasteiger partial charge in [0.05, 0.1) is 5.56 Å². The Balaban J connectivity index is 1.38. The third-order valence-electron chi connectivity index (χ3n) is 5.71. The lowest BCUT2D eigenvalue weighted by Gasteiger charge is -2.15. The van der Waals surface area contributed by atoms with Gasteiger partial charge in [0, 0.05) is 18.0 Å². The molecule has 0 spiro atoms. The van der Waals surface area contributed by atoms with Crippen molar-refractivity contribution in [3.63, 3.8) is 0 Å². The van der Waals surface area contributed by atoms with Crippen LogP contribution in [0.4, 0.5) is 10.8 Å². The number of nitrogens with one attached hydrogen (secondary N) is 1. The Bertz CT molecular complexity index is 1010. The summed E-state index contributed by atoms with van der Waals surface area (Å²) in [6, 6.07) is 5.55. The van der Waals surface area contributed by atoms with E-state index in [9.17, 15) is 14.9 Å². The van der Waals surface area contributed by atoms with Crippen molar-refractivity contribution in [1.29, 1.82) is 5.26 Å². The van der Waals surface area contributed by atoms with E-state index < -0.39 is 18.0 Å². The largest absolute Gasteiger partial charge is 0.448 e. The molecule has 1 saturated heterocycles. The summed E-state index contributed by atoms with van der Waals surface area (Å²) in [6.07, 6.45) is 6.32. The van der Waals surface area contributed by atoms with E-state index in [2.05, 4.69) is 26.5 Å². The molecule has 0 saturated carbocycles. The molecule has 162 valence electrons. The van der Waals surface area contributed by atoms with Crippen LogP contribution >= 0.6 is 11.3 Å². The highest BCUT2D eigenvalue weighted by atomic mass is 32.1. The first kappa shape index (κ1) is 21.2. The van der Waals surface area contributed by atoms with E-state index in [4.69, 9.17) is 4.74 Å². The molecule has 3 heterocycles. The molecule has 1 aliphatic heterocycles. The van der Waals surface area contributed by atoms with Gasteiger partial charge in [-0.25, -0.2) is 4.79 Å². The minimum Gasteiger partial charge on any atom is -0.448 e. The van der Waals surface area contributed by atoms with E-state index >= 15 is 0 Å². The molecule has 1 unspecified atom stereocenters. The zero-order valence-electron chi connectivity index (χ0n) is 17.5. The van der Waals surface area contributed by atoms with Gasteiger partial charge in [0.15, 0.2) is 17.6 Å². The topological polar surface area (TPSA) is 108 Å². The molecule has 2 aliphatic rings. The smallest absolute Gasteiger partial charge is 0.359 e. The molecule has 2 aromatic heterocycles. The molecule has 0 radical (unpaired) electrons. The summed E-state index contributed by atoms with van der Waals surface area (Å²) in [5, 5.41) is 21.0. The van der Waals surface area contributed by atoms with Crippen molar-refractivity contribution >= 4 is 34.0 Å². The Morgan fingerprint density at radius 3 is 2.65 bits per heavy atom. The van der Waals surface area contributed by atoms with Gasteiger partial charge in [-0.05, 0) is 63.1 Å². The van der Waals surface area contributed by atoms with Crippen LogP contribution in [0.15, 0.2) is 12.1 Å². The van der Waals surface area contributed by atoms with Crippen molar-refractivity contribution in [2.24, 2.45) is 0 Å². The van der Waals surface area contributed by atoms with Crippen LogP contribution in [0.3, 0.4) is 0 Å². The van der Waals surface area contributed by atoms with Crippen molar-refractivity contribution in [1.82, 2.24) is 10.2 Å². The van der Waals surface area contributed by atoms with E-state index in [1.165, 1.54) is 23.1 Å². The predicted octanol–water partition coefficient (Wildman–Crippen LogP) is 3.46. The van der Waals surface area contributed by atoms with Gasteiger partial charge in [0.25, 0.3) is 5.91 Å². The molecular weight excluding hydrogens is 414 g/mol. The van der Waals surface area contributed by atoms with Crippen molar-refractivity contribution in [3.05, 3.63) is 33.8 Å². The Morgan fingerprint density at radius 2 is 1.94 bits per heavy atom. The molecule has 2 aromatic rings. The molecule has 1 atom stereocenters. The number of ether oxygens (including phenoxy) is 1. The number of anilines is 2. The number of aromatic nitrogens is 2. The highest BCUT2D eigenvalue weighted by molar-refractivity contribution is 7.16. The number of hydrogen-bond donors (Lipinski definition) is 1. The second kappa shape index (κ2) is 9.43. The highest BCUT2D eigenvalue weighted by Crippen LogP contribution is 2.37. The first-order chi connectivity index (χ1) is 15.1. The van der Waals surface area contributed by atoms with Crippen molar-refractivity contribution in [2.45, 2.75) is 58.0 Å². The molecule has 9 heteroatoms. The number of hydrogen-bond acceptors (Lipinski definition) is 8. The van der Waals surface area contributed by atoms with Gasteiger partial charge in [-0.15, -0.1) is 21.5 Å². The van der Waals surface area contributed by atoms with Gasteiger partial charge in [-0.3, -0.25) is 4.79 Å². The Kier molecular flexibility index (Phi) is 6.47. The standard InChI is InChI=1S/C22H25N5O3S/c1-14(30-22(29)17-9-10-19(26-25-17)27-11-5-6-12-27)20(28)24-21-16(13-23)15-7-3-2-4-8-18(15)31-21/h9-10,14H,2-8,11-12H2,1H3,(H,24,28). The number of thiophene rings is 1. The first-order valence-electron chi connectivity index (χ1n) is 10.7. The Hall–Kier alpha value is -2.99. The lowest BCUT2D eigenvalue weighted by atomic mass is 10.1. The molecule has 31 heavy (non-hydrogen) atoms. The highest BCUT2D eigenvalue weighted by Gasteiger charge is 2.25. The Labute approximate surface area is 185 Å². The third kappa shape index (κ3) is 4.69. The van der Waals surface area contributed by atoms with Gasteiger partial charge in [-0.1, -0.05) is 6.42 Å². The maximum Gasteiger partial charge on any atom is 0.359 e. The third-order valence-corrected chi connectivity index (χ3v) is 6.92. The summed E-state index contributed by atoms with van der Waals surface area (Å²) in [6.45, 7) is 3.38. The fraction of sp³-hybridized carbons (Fsp3) is 0.500. The predicted molar refractivity (Wildman–Crippen MR) is 117 cm³/mol. The van der Waals surface area contributed by atoms with E-state index in [-0.39, 0.29) is 5.69 Å². The SMILES string of the molecule is CC(OC(=O)c1ccc(N2CCCC2)nn1)C(=O)Nc1sc2c(c1C#N)CCCCC2. The van der Waals surface area contributed by atoms with Gasteiger partial charge in [0.1, 0.15) is 11.1 Å². The summed E-state index contributed by atoms with van der Waals surface area (Å²) in [5.74, 6) is -0.435. The van der Waals surface area contributed by atoms with Crippen LogP contribution in [-0.4, -0.2) is 41.3 Å². The maximum absolute atomic E-state index is 12.6. The second-order valence-corrected chi connectivity index (χ2v) is 8.99. The summed E-state index contributed by atoms with van der Waals surface area (Å²) >= 11 is 1.45.